The van der Waals surface area contributed by atoms with Gasteiger partial charge in [0.25, 0.3) is 5.91 Å². The minimum absolute atomic E-state index is 0.0112. The van der Waals surface area contributed by atoms with E-state index in [0.717, 1.165) is 25.1 Å². The van der Waals surface area contributed by atoms with Crippen molar-refractivity contribution in [2.75, 3.05) is 0 Å². The smallest absolute Gasteiger partial charge is 0.349 e. The maximum Gasteiger partial charge on any atom is 0.505 e. The average Bonchev–Trinajstić information content (AvgIpc) is 3.45. The molecule has 3 heterocycles. The molecule has 17 heteroatoms. The number of hydrogen-bond donors (Lipinski definition) is 2. The topological polar surface area (TPSA) is 106 Å². The van der Waals surface area contributed by atoms with E-state index in [9.17, 15) is 44.7 Å². The van der Waals surface area contributed by atoms with Crippen molar-refractivity contribution in [3.05, 3.63) is 47.7 Å². The Morgan fingerprint density at radius 2 is 1.65 bits per heavy atom. The number of carbonyl (C=O) groups is 2. The lowest BCUT2D eigenvalue weighted by Gasteiger charge is -2.33. The molecule has 2 N–H and O–H groups in total. The van der Waals surface area contributed by atoms with Crippen molar-refractivity contribution in [2.45, 2.75) is 81.8 Å². The van der Waals surface area contributed by atoms with Crippen molar-refractivity contribution in [2.24, 2.45) is 11.8 Å². The van der Waals surface area contributed by atoms with Crippen molar-refractivity contribution in [3.8, 4) is 0 Å². The molecule has 234 valence electrons. The third-order valence-electron chi connectivity index (χ3n) is 7.72. The first-order valence-corrected chi connectivity index (χ1v) is 13.6. The molecule has 3 aromatic heterocycles. The van der Waals surface area contributed by atoms with E-state index in [2.05, 4.69) is 25.8 Å². The van der Waals surface area contributed by atoms with Gasteiger partial charge in [-0.3, -0.25) is 9.59 Å². The number of halogens is 8. The first-order chi connectivity index (χ1) is 20.1. The molecule has 2 amide bonds. The first-order valence-electron chi connectivity index (χ1n) is 13.6. The number of alkyl halides is 8. The molecule has 0 aromatic carbocycles. The summed E-state index contributed by atoms with van der Waals surface area (Å²) in [7, 11) is 0. The van der Waals surface area contributed by atoms with Gasteiger partial charge < -0.3 is 10.6 Å². The lowest BCUT2D eigenvalue weighted by molar-refractivity contribution is -0.213. The highest BCUT2D eigenvalue weighted by molar-refractivity contribution is 5.92. The van der Waals surface area contributed by atoms with Crippen molar-refractivity contribution < 1.29 is 44.7 Å². The zero-order valence-electron chi connectivity index (χ0n) is 22.4. The molecular formula is C26H27F8N7O2. The van der Waals surface area contributed by atoms with E-state index in [0.29, 0.717) is 5.56 Å². The van der Waals surface area contributed by atoms with Crippen LogP contribution in [0.2, 0.25) is 0 Å². The van der Waals surface area contributed by atoms with Crippen LogP contribution in [0.3, 0.4) is 0 Å². The van der Waals surface area contributed by atoms with Crippen molar-refractivity contribution in [1.29, 1.82) is 0 Å². The Labute approximate surface area is 239 Å². The van der Waals surface area contributed by atoms with E-state index in [1.165, 1.54) is 16.9 Å². The molecule has 1 unspecified atom stereocenters. The number of amides is 2. The van der Waals surface area contributed by atoms with Gasteiger partial charge in [0.2, 0.25) is 11.8 Å². The number of nitrogens with zero attached hydrogens (tertiary/aromatic N) is 5. The van der Waals surface area contributed by atoms with Gasteiger partial charge in [0, 0.05) is 19.3 Å². The van der Waals surface area contributed by atoms with Gasteiger partial charge in [-0.1, -0.05) is 0 Å². The second-order valence-electron chi connectivity index (χ2n) is 11.0. The summed E-state index contributed by atoms with van der Waals surface area (Å²) >= 11 is 0. The Bertz CT molecular complexity index is 1470. The van der Waals surface area contributed by atoms with Crippen molar-refractivity contribution >= 4 is 17.5 Å². The van der Waals surface area contributed by atoms with Gasteiger partial charge in [0.1, 0.15) is 5.69 Å². The SMILES string of the molecule is O=C(CCC(F)(F)F)NC(c1cnn2cc([C@@H](NC(=O)c3ccnn3C(F)(F)F)C3CCC(F)(F)CC3)nc2c1)C1CC1. The second-order valence-corrected chi connectivity index (χ2v) is 11.0. The highest BCUT2D eigenvalue weighted by atomic mass is 19.4. The Kier molecular flexibility index (Phi) is 8.11. The fraction of sp³-hybridized carbons (Fsp3) is 0.577. The summed E-state index contributed by atoms with van der Waals surface area (Å²) in [5.74, 6) is -5.39. The van der Waals surface area contributed by atoms with Crippen LogP contribution in [0.4, 0.5) is 35.1 Å². The van der Waals surface area contributed by atoms with Gasteiger partial charge in [0.05, 0.1) is 42.8 Å². The van der Waals surface area contributed by atoms with Crippen LogP contribution in [0.1, 0.15) is 85.2 Å². The van der Waals surface area contributed by atoms with E-state index in [-0.39, 0.29) is 30.1 Å². The molecule has 2 saturated carbocycles. The summed E-state index contributed by atoms with van der Waals surface area (Å²) in [6.07, 6.45) is -7.32. The second kappa shape index (κ2) is 11.4. The number of hydrogen-bond acceptors (Lipinski definition) is 5. The number of imidazole rings is 1. The van der Waals surface area contributed by atoms with E-state index >= 15 is 0 Å². The summed E-state index contributed by atoms with van der Waals surface area (Å²) in [6.45, 7) is 0. The van der Waals surface area contributed by atoms with Crippen LogP contribution >= 0.6 is 0 Å². The molecule has 0 saturated heterocycles. The minimum Gasteiger partial charge on any atom is -0.349 e. The summed E-state index contributed by atoms with van der Waals surface area (Å²) < 4.78 is 107. The Hall–Kier alpha value is -3.79. The molecule has 0 spiro atoms. The van der Waals surface area contributed by atoms with Crippen LogP contribution in [-0.2, 0) is 11.1 Å². The lowest BCUT2D eigenvalue weighted by atomic mass is 9.81. The molecule has 0 aliphatic heterocycles. The molecular weight excluding hydrogens is 594 g/mol. The average molecular weight is 622 g/mol. The molecule has 9 nitrogen and oxygen atoms in total. The number of fused-ring (bicyclic) bond motifs is 1. The van der Waals surface area contributed by atoms with Crippen LogP contribution in [0.5, 0.6) is 0 Å². The maximum absolute atomic E-state index is 13.9. The molecule has 0 bridgehead atoms. The highest BCUT2D eigenvalue weighted by Crippen LogP contribution is 2.43. The predicted molar refractivity (Wildman–Crippen MR) is 133 cm³/mol. The van der Waals surface area contributed by atoms with E-state index in [1.54, 1.807) is 6.07 Å². The quantitative estimate of drug-likeness (QED) is 0.303. The molecule has 2 fully saturated rings. The molecule has 2 aliphatic rings. The van der Waals surface area contributed by atoms with Crippen LogP contribution in [0.25, 0.3) is 5.65 Å². The first kappa shape index (κ1) is 30.7. The van der Waals surface area contributed by atoms with Crippen LogP contribution < -0.4 is 10.6 Å². The molecule has 43 heavy (non-hydrogen) atoms. The zero-order valence-corrected chi connectivity index (χ0v) is 22.4. The third-order valence-corrected chi connectivity index (χ3v) is 7.72. The zero-order chi connectivity index (χ0) is 31.2. The maximum atomic E-state index is 13.9. The minimum atomic E-state index is -4.97. The van der Waals surface area contributed by atoms with E-state index < -0.39 is 84.3 Å². The predicted octanol–water partition coefficient (Wildman–Crippen LogP) is 5.61. The summed E-state index contributed by atoms with van der Waals surface area (Å²) in [5, 5.41) is 12.6. The molecule has 2 aliphatic carbocycles. The van der Waals surface area contributed by atoms with Crippen molar-refractivity contribution in [1.82, 2.24) is 35.0 Å². The number of nitrogens with one attached hydrogen (secondary N) is 2. The fourth-order valence-corrected chi connectivity index (χ4v) is 5.36. The fourth-order valence-electron chi connectivity index (χ4n) is 5.36. The summed E-state index contributed by atoms with van der Waals surface area (Å²) in [6, 6.07) is 0.785. The standard InChI is InChI=1S/C26H27F8N7O2/c27-24(28)7-3-15(4-8-24)22(39-23(43)18-6-10-35-41(18)26(32,33)34)17-13-40-19(37-17)11-16(12-36-40)21(14-1-2-14)38-20(42)5-9-25(29,30)31/h6,10-15,21-22H,1-5,7-9H2,(H,38,42)(H,39,43)/t21?,22-/m0/s1. The molecule has 5 rings (SSSR count). The molecule has 2 atom stereocenters. The van der Waals surface area contributed by atoms with Gasteiger partial charge in [-0.15, -0.1) is 13.2 Å². The highest BCUT2D eigenvalue weighted by Gasteiger charge is 2.41. The number of rotatable bonds is 9. The van der Waals surface area contributed by atoms with Gasteiger partial charge in [-0.2, -0.15) is 28.1 Å². The number of carbonyl (C=O) groups excluding carboxylic acids is 2. The lowest BCUT2D eigenvalue weighted by Crippen LogP contribution is -2.39. The van der Waals surface area contributed by atoms with E-state index in [4.69, 9.17) is 0 Å². The Morgan fingerprint density at radius 1 is 0.977 bits per heavy atom. The van der Waals surface area contributed by atoms with Gasteiger partial charge in [-0.05, 0) is 55.2 Å². The van der Waals surface area contributed by atoms with Gasteiger partial charge >= 0.3 is 12.5 Å². The molecule has 3 aromatic rings. The largest absolute Gasteiger partial charge is 0.505 e. The van der Waals surface area contributed by atoms with Crippen molar-refractivity contribution in [3.63, 3.8) is 0 Å². The Morgan fingerprint density at radius 3 is 2.28 bits per heavy atom. The van der Waals surface area contributed by atoms with E-state index in [1.807, 2.05) is 0 Å². The van der Waals surface area contributed by atoms with Crippen LogP contribution in [-0.4, -0.2) is 48.3 Å². The molecule has 0 radical (unpaired) electrons. The monoisotopic (exact) mass is 621 g/mol. The normalized spacial score (nSPS) is 19.3. The van der Waals surface area contributed by atoms with Gasteiger partial charge in [-0.25, -0.2) is 18.3 Å². The number of aromatic nitrogens is 5. The van der Waals surface area contributed by atoms with Gasteiger partial charge in [0.15, 0.2) is 5.65 Å². The van der Waals surface area contributed by atoms with Crippen LogP contribution in [0, 0.1) is 11.8 Å². The van der Waals surface area contributed by atoms with Crippen LogP contribution in [0.15, 0.2) is 30.7 Å². The summed E-state index contributed by atoms with van der Waals surface area (Å²) in [4.78, 5) is 29.7. The third kappa shape index (κ3) is 7.41. The summed E-state index contributed by atoms with van der Waals surface area (Å²) in [5.41, 5.74) is 0.0859. The Balaban J connectivity index is 1.41.